The van der Waals surface area contributed by atoms with E-state index in [9.17, 15) is 0 Å². The largest absolute Gasteiger partial charge is 1.00 e. The second kappa shape index (κ2) is 35.6. The minimum absolute atomic E-state index is 0. The van der Waals surface area contributed by atoms with Gasteiger partial charge >= 0.3 is 18.9 Å². The number of hydrogen-bond donors (Lipinski definition) is 0. The first-order valence-electron chi connectivity index (χ1n) is 21.8. The Kier molecular flexibility index (Phi) is 36.4. The van der Waals surface area contributed by atoms with Crippen LogP contribution in [0.2, 0.25) is 39.3 Å². The van der Waals surface area contributed by atoms with E-state index in [1.807, 2.05) is 0 Å². The van der Waals surface area contributed by atoms with E-state index in [4.69, 9.17) is 47.9 Å². The van der Waals surface area contributed by atoms with Crippen LogP contribution in [0.15, 0.2) is 36.4 Å². The smallest absolute Gasteiger partial charge is 0.687 e. The van der Waals surface area contributed by atoms with Crippen LogP contribution in [0.5, 0.6) is 0 Å². The summed E-state index contributed by atoms with van der Waals surface area (Å²) >= 11 is 0. The molecule has 2 heterocycles. The van der Waals surface area contributed by atoms with Gasteiger partial charge in [-0.3, -0.25) is 0 Å². The summed E-state index contributed by atoms with van der Waals surface area (Å²) in [6, 6.07) is 13.3. The summed E-state index contributed by atoms with van der Waals surface area (Å²) in [5, 5.41) is 0. The first-order chi connectivity index (χ1) is 27.4. The zero-order chi connectivity index (χ0) is 43.4. The Hall–Kier alpha value is -0.729. The van der Waals surface area contributed by atoms with Crippen LogP contribution in [-0.2, 0) is 55.0 Å². The molecule has 344 valence electrons. The molecule has 2 aromatic rings. The fourth-order valence-corrected chi connectivity index (χ4v) is 7.57. The molecule has 2 aromatic carbocycles. The van der Waals surface area contributed by atoms with Crippen molar-refractivity contribution < 1.29 is 73.8 Å². The maximum absolute atomic E-state index is 5.22. The Morgan fingerprint density at radius 1 is 0.350 bits per heavy atom. The second-order valence-corrected chi connectivity index (χ2v) is 26.8. The number of ether oxygens (including phenoxy) is 8. The van der Waals surface area contributed by atoms with Gasteiger partial charge in [-0.1, -0.05) is 153 Å². The van der Waals surface area contributed by atoms with Gasteiger partial charge in [0.2, 0.25) is 0 Å². The van der Waals surface area contributed by atoms with E-state index in [0.717, 1.165) is 0 Å². The first-order valence-corrected chi connectivity index (χ1v) is 28.7. The summed E-state index contributed by atoms with van der Waals surface area (Å²) in [5.74, 6) is 2.18. The van der Waals surface area contributed by atoms with Crippen LogP contribution < -0.4 is 18.9 Å². The monoisotopic (exact) mass is 912 g/mol. The first kappa shape index (κ1) is 61.4. The summed E-state index contributed by atoms with van der Waals surface area (Å²) in [6.45, 7) is 42.1. The molecule has 0 aromatic heterocycles. The number of nitrogens with zero attached hydrogens (tertiary/aromatic N) is 2. The molecule has 2 saturated heterocycles. The van der Waals surface area contributed by atoms with E-state index in [0.29, 0.717) is 129 Å². The van der Waals surface area contributed by atoms with Crippen LogP contribution in [0.1, 0.15) is 101 Å². The molecule has 0 aliphatic carbocycles. The Balaban J connectivity index is 0. The molecule has 0 saturated carbocycles. The maximum Gasteiger partial charge on any atom is 1.00 e. The molecule has 14 heteroatoms. The molecule has 0 bridgehead atoms. The Labute approximate surface area is 392 Å². The Morgan fingerprint density at radius 3 is 0.617 bits per heavy atom. The SMILES string of the molecule is C1COCCOCCOCCO1.C1COCCOCCOCCO1.CC(C)c1cccc(C(C)C)c1[N-][Si](C)(C)C.CC(C)c1cccc(C(C)C)c1[N-][Si](C)(C)C.[Fe].[Li+]. The van der Waals surface area contributed by atoms with Gasteiger partial charge in [0.05, 0.1) is 106 Å². The predicted octanol–water partition coefficient (Wildman–Crippen LogP) is 8.68. The third-order valence-corrected chi connectivity index (χ3v) is 10.3. The Morgan fingerprint density at radius 2 is 0.500 bits per heavy atom. The van der Waals surface area contributed by atoms with Crippen LogP contribution in [0, 0.1) is 0 Å². The van der Waals surface area contributed by atoms with E-state index in [2.05, 4.69) is 131 Å². The fourth-order valence-electron chi connectivity index (χ4n) is 5.71. The van der Waals surface area contributed by atoms with Crippen LogP contribution in [0.25, 0.3) is 9.96 Å². The van der Waals surface area contributed by atoms with Crippen molar-refractivity contribution in [1.82, 2.24) is 0 Å². The van der Waals surface area contributed by atoms with Gasteiger partial charge in [0.15, 0.2) is 0 Å². The molecule has 2 fully saturated rings. The molecule has 10 nitrogen and oxygen atoms in total. The minimum atomic E-state index is -1.43. The number of rotatable bonds is 8. The van der Waals surface area contributed by atoms with Gasteiger partial charge < -0.3 is 47.9 Å². The maximum atomic E-state index is 5.22. The second-order valence-electron chi connectivity index (χ2n) is 17.7. The van der Waals surface area contributed by atoms with Crippen molar-refractivity contribution in [3.05, 3.63) is 68.6 Å². The van der Waals surface area contributed by atoms with E-state index in [1.165, 1.54) is 33.6 Å². The van der Waals surface area contributed by atoms with Crippen molar-refractivity contribution in [2.45, 2.75) is 118 Å². The molecule has 0 N–H and O–H groups in total. The van der Waals surface area contributed by atoms with Crippen LogP contribution in [-0.4, -0.2) is 122 Å². The van der Waals surface area contributed by atoms with Crippen molar-refractivity contribution in [1.29, 1.82) is 0 Å². The van der Waals surface area contributed by atoms with Crippen LogP contribution in [0.4, 0.5) is 11.4 Å². The third-order valence-electron chi connectivity index (χ3n) is 8.56. The summed E-state index contributed by atoms with van der Waals surface area (Å²) in [6.07, 6.45) is 0. The predicted molar refractivity (Wildman–Crippen MR) is 249 cm³/mol. The number of benzene rings is 2. The van der Waals surface area contributed by atoms with Gasteiger partial charge in [-0.15, -0.1) is 11.4 Å². The molecule has 2 aliphatic rings. The molecule has 0 spiro atoms. The molecule has 4 rings (SSSR count). The standard InChI is InChI=1S/2C15H26NSi.2C8H16O4.Fe.Li/c2*1-11(2)13-9-8-10-14(12(3)4)15(13)16-17(5,6)7;2*1-2-10-5-6-12-8-7-11-4-3-9-1;;/h2*8-12H,1-7H3;2*1-8H2;;/q2*-1;;;;+1. The van der Waals surface area contributed by atoms with Crippen LogP contribution >= 0.6 is 0 Å². The average Bonchev–Trinajstić information content (AvgIpc) is 3.11. The molecule has 2 aliphatic heterocycles. The summed E-state index contributed by atoms with van der Waals surface area (Å²) in [5.41, 5.74) is 8.16. The zero-order valence-corrected chi connectivity index (χ0v) is 43.7. The molecule has 60 heavy (non-hydrogen) atoms. The molecular formula is C46H84FeLiN2O8Si2-. The molecule has 0 atom stereocenters. The van der Waals surface area contributed by atoms with Gasteiger partial charge in [0.1, 0.15) is 0 Å². The van der Waals surface area contributed by atoms with E-state index >= 15 is 0 Å². The number of hydrogen-bond acceptors (Lipinski definition) is 8. The van der Waals surface area contributed by atoms with E-state index in [1.54, 1.807) is 0 Å². The average molecular weight is 912 g/mol. The molecule has 0 unspecified atom stereocenters. The van der Waals surface area contributed by atoms with Crippen LogP contribution in [0.3, 0.4) is 0 Å². The topological polar surface area (TPSA) is 102 Å². The quantitative estimate of drug-likeness (QED) is 0.243. The van der Waals surface area contributed by atoms with Crippen molar-refractivity contribution in [3.8, 4) is 0 Å². The molecule has 0 radical (unpaired) electrons. The van der Waals surface area contributed by atoms with Gasteiger partial charge in [-0.05, 0) is 40.1 Å². The normalized spacial score (nSPS) is 16.6. The summed E-state index contributed by atoms with van der Waals surface area (Å²) < 4.78 is 41.7. The van der Waals surface area contributed by atoms with E-state index in [-0.39, 0.29) is 35.9 Å². The van der Waals surface area contributed by atoms with Gasteiger partial charge in [-0.2, -0.15) is 0 Å². The minimum Gasteiger partial charge on any atom is -0.687 e. The fraction of sp³-hybridized carbons (Fsp3) is 0.739. The van der Waals surface area contributed by atoms with E-state index < -0.39 is 16.5 Å². The zero-order valence-electron chi connectivity index (χ0n) is 40.6. The molecular weight excluding hydrogens is 827 g/mol. The van der Waals surface area contributed by atoms with Crippen molar-refractivity contribution in [3.63, 3.8) is 0 Å². The molecule has 0 amide bonds. The summed E-state index contributed by atoms with van der Waals surface area (Å²) in [4.78, 5) is 10.1. The Bertz CT molecular complexity index is 1090. The van der Waals surface area contributed by atoms with Crippen molar-refractivity contribution >= 4 is 27.8 Å². The van der Waals surface area contributed by atoms with Gasteiger partial charge in [-0.25, -0.2) is 0 Å². The van der Waals surface area contributed by atoms with Crippen molar-refractivity contribution in [2.75, 3.05) is 106 Å². The van der Waals surface area contributed by atoms with Crippen molar-refractivity contribution in [2.24, 2.45) is 0 Å². The third kappa shape index (κ3) is 30.4. The van der Waals surface area contributed by atoms with Gasteiger partial charge in [0.25, 0.3) is 0 Å². The summed E-state index contributed by atoms with van der Waals surface area (Å²) in [7, 11) is -2.86. The van der Waals surface area contributed by atoms with Gasteiger partial charge in [0, 0.05) is 17.1 Å².